The van der Waals surface area contributed by atoms with E-state index in [4.69, 9.17) is 15.9 Å². The van der Waals surface area contributed by atoms with Gasteiger partial charge in [-0.2, -0.15) is 0 Å². The van der Waals surface area contributed by atoms with Gasteiger partial charge < -0.3 is 26.2 Å². The Kier molecular flexibility index (Phi) is 2.81. The second kappa shape index (κ2) is 3.51. The smallest absolute Gasteiger partial charge is 0.111 e. The summed E-state index contributed by atoms with van der Waals surface area (Å²) in [5.41, 5.74) is 5.64. The van der Waals surface area contributed by atoms with Crippen molar-refractivity contribution in [3.8, 4) is 0 Å². The zero-order chi connectivity index (χ0) is 9.30. The first-order chi connectivity index (χ1) is 5.57. The molecule has 5 nitrogen and oxygen atoms in total. The average molecular weight is 175 g/mol. The van der Waals surface area contributed by atoms with Gasteiger partial charge in [0.25, 0.3) is 0 Å². The highest BCUT2D eigenvalue weighted by Crippen LogP contribution is 2.18. The van der Waals surface area contributed by atoms with Gasteiger partial charge in [-0.25, -0.2) is 0 Å². The summed E-state index contributed by atoms with van der Waals surface area (Å²) in [7, 11) is 0. The Bertz CT molecular complexity index is 194. The van der Waals surface area contributed by atoms with Crippen LogP contribution in [0.25, 0.3) is 0 Å². The lowest BCUT2D eigenvalue weighted by Gasteiger charge is -2.32. The third kappa shape index (κ3) is 1.50. The van der Waals surface area contributed by atoms with Crippen LogP contribution in [0.2, 0.25) is 0 Å². The van der Waals surface area contributed by atoms with E-state index >= 15 is 0 Å². The van der Waals surface area contributed by atoms with Crippen molar-refractivity contribution in [1.82, 2.24) is 0 Å². The Hall–Kier alpha value is -0.460. The van der Waals surface area contributed by atoms with Crippen LogP contribution in [0.4, 0.5) is 0 Å². The zero-order valence-corrected chi connectivity index (χ0v) is 6.46. The minimum Gasteiger partial charge on any atom is -0.392 e. The Balaban J connectivity index is 2.84. The summed E-state index contributed by atoms with van der Waals surface area (Å²) < 4.78 is 0. The van der Waals surface area contributed by atoms with Gasteiger partial charge >= 0.3 is 0 Å². The van der Waals surface area contributed by atoms with Gasteiger partial charge in [0.05, 0.1) is 12.6 Å². The van der Waals surface area contributed by atoms with E-state index in [-0.39, 0.29) is 12.2 Å². The fourth-order valence-electron chi connectivity index (χ4n) is 1.22. The first kappa shape index (κ1) is 9.63. The van der Waals surface area contributed by atoms with Gasteiger partial charge in [-0.3, -0.25) is 0 Å². The van der Waals surface area contributed by atoms with E-state index < -0.39 is 24.4 Å². The van der Waals surface area contributed by atoms with Crippen molar-refractivity contribution in [3.05, 3.63) is 11.6 Å². The van der Waals surface area contributed by atoms with E-state index in [0.717, 1.165) is 0 Å². The molecule has 0 aromatic carbocycles. The van der Waals surface area contributed by atoms with Crippen molar-refractivity contribution in [2.75, 3.05) is 6.61 Å². The predicted octanol–water partition coefficient (Wildman–Crippen LogP) is -2.67. The molecule has 6 N–H and O–H groups in total. The van der Waals surface area contributed by atoms with Crippen molar-refractivity contribution < 1.29 is 20.4 Å². The summed E-state index contributed by atoms with van der Waals surface area (Å²) in [5, 5.41) is 36.3. The molecule has 0 saturated heterocycles. The maximum Gasteiger partial charge on any atom is 0.111 e. The van der Waals surface area contributed by atoms with Gasteiger partial charge in [0.15, 0.2) is 0 Å². The maximum absolute atomic E-state index is 9.23. The van der Waals surface area contributed by atoms with Gasteiger partial charge in [0.2, 0.25) is 0 Å². The number of rotatable bonds is 1. The van der Waals surface area contributed by atoms with Gasteiger partial charge in [0, 0.05) is 0 Å². The highest BCUT2D eigenvalue weighted by atomic mass is 16.4. The second-order valence-electron chi connectivity index (χ2n) is 2.90. The molecule has 12 heavy (non-hydrogen) atoms. The minimum absolute atomic E-state index is 0.250. The third-order valence-electron chi connectivity index (χ3n) is 2.04. The van der Waals surface area contributed by atoms with Crippen molar-refractivity contribution in [1.29, 1.82) is 0 Å². The van der Waals surface area contributed by atoms with E-state index in [2.05, 4.69) is 0 Å². The predicted molar refractivity (Wildman–Crippen MR) is 41.2 cm³/mol. The molecule has 0 radical (unpaired) electrons. The molecule has 1 unspecified atom stereocenters. The fraction of sp³-hybridized carbons (Fsp3) is 0.714. The molecule has 0 spiro atoms. The molecule has 1 aliphatic rings. The molecule has 0 heterocycles. The summed E-state index contributed by atoms with van der Waals surface area (Å²) in [4.78, 5) is 0. The quantitative estimate of drug-likeness (QED) is 0.279. The number of nitrogens with two attached hydrogens (primary N) is 1. The lowest BCUT2D eigenvalue weighted by Crippen LogP contribution is -2.52. The summed E-state index contributed by atoms with van der Waals surface area (Å²) in [6.07, 6.45) is -2.34. The monoisotopic (exact) mass is 175 g/mol. The molecule has 0 fully saturated rings. The molecule has 0 aromatic rings. The van der Waals surface area contributed by atoms with Crippen LogP contribution in [0.3, 0.4) is 0 Å². The Morgan fingerprint density at radius 3 is 2.33 bits per heavy atom. The van der Waals surface area contributed by atoms with E-state index in [1.165, 1.54) is 6.08 Å². The van der Waals surface area contributed by atoms with Gasteiger partial charge in [-0.05, 0) is 5.57 Å². The summed E-state index contributed by atoms with van der Waals surface area (Å²) in [6, 6.07) is -0.731. The highest BCUT2D eigenvalue weighted by Gasteiger charge is 2.34. The fourth-order valence-corrected chi connectivity index (χ4v) is 1.22. The SMILES string of the molecule is N[C@@H]1C=C(CO)[C@@H](O)[C@H](O)C1O. The van der Waals surface area contributed by atoms with Crippen molar-refractivity contribution in [3.63, 3.8) is 0 Å². The molecule has 1 aliphatic carbocycles. The van der Waals surface area contributed by atoms with Crippen LogP contribution in [-0.4, -0.2) is 51.4 Å². The normalized spacial score (nSPS) is 42.6. The molecule has 0 saturated carbocycles. The van der Waals surface area contributed by atoms with E-state index in [9.17, 15) is 10.2 Å². The second-order valence-corrected chi connectivity index (χ2v) is 2.90. The molecule has 0 bridgehead atoms. The van der Waals surface area contributed by atoms with Gasteiger partial charge in [-0.1, -0.05) is 6.08 Å². The third-order valence-corrected chi connectivity index (χ3v) is 2.04. The summed E-state index contributed by atoms with van der Waals surface area (Å²) in [6.45, 7) is -0.362. The lowest BCUT2D eigenvalue weighted by molar-refractivity contribution is -0.0596. The highest BCUT2D eigenvalue weighted by molar-refractivity contribution is 5.20. The molecule has 5 heteroatoms. The van der Waals surface area contributed by atoms with E-state index in [1.807, 2.05) is 0 Å². The Morgan fingerprint density at radius 1 is 1.25 bits per heavy atom. The van der Waals surface area contributed by atoms with E-state index in [0.29, 0.717) is 0 Å². The molecule has 1 rings (SSSR count). The molecule has 0 aromatic heterocycles. The molecular formula is C7H13NO4. The molecule has 70 valence electrons. The number of aliphatic hydroxyl groups is 4. The zero-order valence-electron chi connectivity index (χ0n) is 6.46. The largest absolute Gasteiger partial charge is 0.392 e. The van der Waals surface area contributed by atoms with Crippen LogP contribution in [0.15, 0.2) is 11.6 Å². The number of hydrogen-bond acceptors (Lipinski definition) is 5. The first-order valence-electron chi connectivity index (χ1n) is 3.69. The number of hydrogen-bond donors (Lipinski definition) is 5. The first-order valence-corrected chi connectivity index (χ1v) is 3.69. The lowest BCUT2D eigenvalue weighted by atomic mass is 9.89. The summed E-state index contributed by atoms with van der Waals surface area (Å²) in [5.74, 6) is 0. The van der Waals surface area contributed by atoms with Crippen molar-refractivity contribution >= 4 is 0 Å². The van der Waals surface area contributed by atoms with Gasteiger partial charge in [-0.15, -0.1) is 0 Å². The van der Waals surface area contributed by atoms with Crippen LogP contribution in [0, 0.1) is 0 Å². The average Bonchev–Trinajstić information content (AvgIpc) is 2.08. The topological polar surface area (TPSA) is 107 Å². The molecule has 0 aliphatic heterocycles. The molecule has 4 atom stereocenters. The van der Waals surface area contributed by atoms with Gasteiger partial charge in [0.1, 0.15) is 18.3 Å². The maximum atomic E-state index is 9.23. The van der Waals surface area contributed by atoms with Crippen LogP contribution in [0.5, 0.6) is 0 Å². The van der Waals surface area contributed by atoms with Crippen molar-refractivity contribution in [2.24, 2.45) is 5.73 Å². The minimum atomic E-state index is -1.31. The number of aliphatic hydroxyl groups excluding tert-OH is 4. The van der Waals surface area contributed by atoms with Crippen LogP contribution >= 0.6 is 0 Å². The molecular weight excluding hydrogens is 162 g/mol. The standard InChI is InChI=1S/C7H13NO4/c8-4-1-3(2-9)5(10)7(12)6(4)11/h1,4-7,9-12H,2,8H2/t4-,5-,6?,7+/m1/s1. The van der Waals surface area contributed by atoms with E-state index in [1.54, 1.807) is 0 Å². The molecule has 0 amide bonds. The van der Waals surface area contributed by atoms with Crippen LogP contribution in [0.1, 0.15) is 0 Å². The van der Waals surface area contributed by atoms with Crippen molar-refractivity contribution in [2.45, 2.75) is 24.4 Å². The van der Waals surface area contributed by atoms with Crippen LogP contribution in [-0.2, 0) is 0 Å². The van der Waals surface area contributed by atoms with Crippen LogP contribution < -0.4 is 5.73 Å². The summed E-state index contributed by atoms with van der Waals surface area (Å²) >= 11 is 0. The Morgan fingerprint density at radius 2 is 1.83 bits per heavy atom. The Labute approximate surface area is 69.8 Å².